The number of rotatable bonds is 4. The Bertz CT molecular complexity index is 2610. The second-order valence-corrected chi connectivity index (χ2v) is 12.8. The van der Waals surface area contributed by atoms with Gasteiger partial charge in [-0.25, -0.2) is 0 Å². The van der Waals surface area contributed by atoms with Crippen LogP contribution in [0.15, 0.2) is 186 Å². The van der Waals surface area contributed by atoms with Gasteiger partial charge in [0.15, 0.2) is 0 Å². The van der Waals surface area contributed by atoms with Crippen molar-refractivity contribution < 1.29 is 4.42 Å². The number of furan rings is 1. The fourth-order valence-corrected chi connectivity index (χ4v) is 8.30. The van der Waals surface area contributed by atoms with Crippen LogP contribution in [0, 0.1) is 0 Å². The van der Waals surface area contributed by atoms with Crippen molar-refractivity contribution in [3.05, 3.63) is 204 Å². The molecule has 0 amide bonds. The molecular formula is C47H30O. The second kappa shape index (κ2) is 10.4. The van der Waals surface area contributed by atoms with Crippen molar-refractivity contribution in [1.82, 2.24) is 0 Å². The number of benzene rings is 8. The van der Waals surface area contributed by atoms with E-state index in [-0.39, 0.29) is 0 Å². The van der Waals surface area contributed by atoms with E-state index in [4.69, 9.17) is 4.42 Å². The van der Waals surface area contributed by atoms with Gasteiger partial charge in [-0.15, -0.1) is 0 Å². The molecule has 0 radical (unpaired) electrons. The third-order valence-electron chi connectivity index (χ3n) is 10.3. The van der Waals surface area contributed by atoms with Gasteiger partial charge in [0.05, 0.1) is 5.41 Å². The lowest BCUT2D eigenvalue weighted by atomic mass is 9.66. The molecule has 1 aliphatic rings. The highest BCUT2D eigenvalue weighted by atomic mass is 16.3. The zero-order valence-corrected chi connectivity index (χ0v) is 26.2. The van der Waals surface area contributed by atoms with Crippen LogP contribution < -0.4 is 0 Å². The lowest BCUT2D eigenvalue weighted by molar-refractivity contribution is 0.669. The first-order valence-electron chi connectivity index (χ1n) is 16.6. The van der Waals surface area contributed by atoms with Gasteiger partial charge in [-0.1, -0.05) is 152 Å². The molecule has 0 bridgehead atoms. The molecule has 8 aromatic carbocycles. The van der Waals surface area contributed by atoms with Crippen molar-refractivity contribution in [3.63, 3.8) is 0 Å². The Morgan fingerprint density at radius 2 is 0.979 bits per heavy atom. The van der Waals surface area contributed by atoms with Crippen LogP contribution in [-0.2, 0) is 5.41 Å². The Kier molecular flexibility index (Phi) is 5.86. The Morgan fingerprint density at radius 1 is 0.375 bits per heavy atom. The van der Waals surface area contributed by atoms with E-state index in [0.717, 1.165) is 27.5 Å². The first kappa shape index (κ1) is 27.0. The zero-order valence-electron chi connectivity index (χ0n) is 26.2. The number of fused-ring (bicyclic) bond motifs is 8. The minimum absolute atomic E-state index is 0.545. The van der Waals surface area contributed by atoms with E-state index in [2.05, 4.69) is 176 Å². The molecule has 1 nitrogen and oxygen atoms in total. The molecule has 1 heterocycles. The summed E-state index contributed by atoms with van der Waals surface area (Å²) < 4.78 is 6.44. The van der Waals surface area contributed by atoms with E-state index in [1.54, 1.807) is 0 Å². The number of para-hydroxylation sites is 1. The van der Waals surface area contributed by atoms with E-state index >= 15 is 0 Å². The molecular weight excluding hydrogens is 581 g/mol. The maximum atomic E-state index is 6.44. The van der Waals surface area contributed by atoms with Crippen molar-refractivity contribution in [1.29, 1.82) is 0 Å². The molecule has 0 N–H and O–H groups in total. The summed E-state index contributed by atoms with van der Waals surface area (Å²) in [5.41, 5.74) is 13.8. The molecule has 0 saturated carbocycles. The van der Waals surface area contributed by atoms with Crippen molar-refractivity contribution in [3.8, 4) is 33.4 Å². The summed E-state index contributed by atoms with van der Waals surface area (Å²) in [6, 6.07) is 66.4. The topological polar surface area (TPSA) is 13.1 Å². The standard InChI is InChI=1S/C47H30O/c1-4-14-31(15-5-1)32-24-27-40-42(29-32)47(35-17-6-2-7-18-35,36-19-8-3-9-20-36)46-37-21-11-10-16-33(37)28-41(45(40)46)34-25-26-39-38-22-12-13-23-43(38)48-44(39)30-34/h1-30H. The largest absolute Gasteiger partial charge is 0.456 e. The molecule has 224 valence electrons. The average Bonchev–Trinajstić information content (AvgIpc) is 3.69. The summed E-state index contributed by atoms with van der Waals surface area (Å²) in [4.78, 5) is 0. The molecule has 0 fully saturated rings. The Morgan fingerprint density at radius 3 is 1.73 bits per heavy atom. The van der Waals surface area contributed by atoms with Crippen LogP contribution in [0.3, 0.4) is 0 Å². The van der Waals surface area contributed by atoms with Gasteiger partial charge >= 0.3 is 0 Å². The van der Waals surface area contributed by atoms with Gasteiger partial charge < -0.3 is 4.42 Å². The van der Waals surface area contributed by atoms with Gasteiger partial charge in [0.2, 0.25) is 0 Å². The fourth-order valence-electron chi connectivity index (χ4n) is 8.30. The van der Waals surface area contributed by atoms with Crippen molar-refractivity contribution >= 4 is 32.7 Å². The predicted molar refractivity (Wildman–Crippen MR) is 199 cm³/mol. The fraction of sp³-hybridized carbons (Fsp3) is 0.0213. The van der Waals surface area contributed by atoms with E-state index in [0.29, 0.717) is 0 Å². The molecule has 1 aliphatic carbocycles. The van der Waals surface area contributed by atoms with E-state index < -0.39 is 5.41 Å². The first-order valence-corrected chi connectivity index (χ1v) is 16.6. The van der Waals surface area contributed by atoms with E-state index in [1.807, 2.05) is 6.07 Å². The third kappa shape index (κ3) is 3.79. The summed E-state index contributed by atoms with van der Waals surface area (Å²) in [5.74, 6) is 0. The monoisotopic (exact) mass is 610 g/mol. The highest BCUT2D eigenvalue weighted by Crippen LogP contribution is 2.61. The molecule has 9 aromatic rings. The van der Waals surface area contributed by atoms with Crippen LogP contribution >= 0.6 is 0 Å². The maximum absolute atomic E-state index is 6.44. The van der Waals surface area contributed by atoms with Gasteiger partial charge in [0, 0.05) is 10.8 Å². The Balaban J connectivity index is 1.38. The third-order valence-corrected chi connectivity index (χ3v) is 10.3. The summed E-state index contributed by atoms with van der Waals surface area (Å²) >= 11 is 0. The minimum Gasteiger partial charge on any atom is -0.456 e. The SMILES string of the molecule is c1ccc(-c2ccc3c(c2)C(c2ccccc2)(c2ccccc2)c2c-3c(-c3ccc4c(c3)oc3ccccc34)cc3ccccc23)cc1. The van der Waals surface area contributed by atoms with Crippen LogP contribution in [0.25, 0.3) is 66.1 Å². The van der Waals surface area contributed by atoms with Crippen molar-refractivity contribution in [2.75, 3.05) is 0 Å². The summed E-state index contributed by atoms with van der Waals surface area (Å²) in [6.45, 7) is 0. The minimum atomic E-state index is -0.545. The van der Waals surface area contributed by atoms with Gasteiger partial charge in [-0.05, 0) is 96.7 Å². The molecule has 0 aliphatic heterocycles. The quantitative estimate of drug-likeness (QED) is 0.193. The van der Waals surface area contributed by atoms with Crippen LogP contribution in [0.2, 0.25) is 0 Å². The molecule has 0 spiro atoms. The first-order chi connectivity index (χ1) is 23.8. The van der Waals surface area contributed by atoms with Crippen LogP contribution in [0.1, 0.15) is 22.3 Å². The predicted octanol–water partition coefficient (Wildman–Crippen LogP) is 12.4. The van der Waals surface area contributed by atoms with Gasteiger partial charge in [-0.3, -0.25) is 0 Å². The maximum Gasteiger partial charge on any atom is 0.136 e. The number of hydrogen-bond acceptors (Lipinski definition) is 1. The Hall–Kier alpha value is -6.18. The molecule has 0 unspecified atom stereocenters. The van der Waals surface area contributed by atoms with Crippen LogP contribution in [-0.4, -0.2) is 0 Å². The summed E-state index contributed by atoms with van der Waals surface area (Å²) in [7, 11) is 0. The smallest absolute Gasteiger partial charge is 0.136 e. The summed E-state index contributed by atoms with van der Waals surface area (Å²) in [5, 5.41) is 4.78. The molecule has 0 saturated heterocycles. The highest BCUT2D eigenvalue weighted by molar-refractivity contribution is 6.10. The van der Waals surface area contributed by atoms with Gasteiger partial charge in [0.25, 0.3) is 0 Å². The molecule has 10 rings (SSSR count). The lowest BCUT2D eigenvalue weighted by Crippen LogP contribution is -2.29. The summed E-state index contributed by atoms with van der Waals surface area (Å²) in [6.07, 6.45) is 0. The van der Waals surface area contributed by atoms with Crippen LogP contribution in [0.5, 0.6) is 0 Å². The molecule has 0 atom stereocenters. The number of hydrogen-bond donors (Lipinski definition) is 0. The van der Waals surface area contributed by atoms with Gasteiger partial charge in [-0.2, -0.15) is 0 Å². The van der Waals surface area contributed by atoms with Crippen molar-refractivity contribution in [2.24, 2.45) is 0 Å². The highest BCUT2D eigenvalue weighted by Gasteiger charge is 2.48. The molecule has 1 heteroatoms. The van der Waals surface area contributed by atoms with Crippen LogP contribution in [0.4, 0.5) is 0 Å². The van der Waals surface area contributed by atoms with E-state index in [9.17, 15) is 0 Å². The van der Waals surface area contributed by atoms with Crippen molar-refractivity contribution in [2.45, 2.75) is 5.41 Å². The second-order valence-electron chi connectivity index (χ2n) is 12.8. The average molecular weight is 611 g/mol. The van der Waals surface area contributed by atoms with Gasteiger partial charge in [0.1, 0.15) is 11.2 Å². The normalized spacial score (nSPS) is 13.2. The van der Waals surface area contributed by atoms with E-state index in [1.165, 1.54) is 60.8 Å². The Labute approximate surface area is 279 Å². The molecule has 1 aromatic heterocycles. The zero-order chi connectivity index (χ0) is 31.7. The lowest BCUT2D eigenvalue weighted by Gasteiger charge is -2.35. The molecule has 48 heavy (non-hydrogen) atoms.